The molecule has 3 aromatic rings. The number of nitrogens with two attached hydrogens (primary N) is 1. The number of pyridine rings is 1. The Labute approximate surface area is 185 Å². The number of likely N-dealkylation sites (tertiary alicyclic amines) is 1. The SMILES string of the molecule is Nc1nn2ccc(C(F)(F)F)nc2c1C(=O)Nc1cnccc1OCCN1CC2(COC2)C1. The lowest BCUT2D eigenvalue weighted by Crippen LogP contribution is -2.66. The standard InChI is InChI=1S/C20H20F3N7O3/c21-20(22,23)14-2-4-30-17(27-14)15(16(24)28-30)18(31)26-12-7-25-3-1-13(12)33-6-5-29-8-19(9-29)10-32-11-19/h1-4,7H,5-6,8-11H2,(H2,24,28)(H,26,31). The fourth-order valence-corrected chi connectivity index (χ4v) is 4.03. The topological polar surface area (TPSA) is 120 Å². The Bertz CT molecular complexity index is 1200. The highest BCUT2D eigenvalue weighted by atomic mass is 19.4. The molecule has 2 aliphatic rings. The van der Waals surface area contributed by atoms with Crippen molar-refractivity contribution in [1.29, 1.82) is 0 Å². The van der Waals surface area contributed by atoms with Crippen molar-refractivity contribution in [3.63, 3.8) is 0 Å². The van der Waals surface area contributed by atoms with Crippen molar-refractivity contribution in [3.8, 4) is 5.75 Å². The number of carbonyl (C=O) groups excluding carboxylic acids is 1. The van der Waals surface area contributed by atoms with Crippen LogP contribution in [0.1, 0.15) is 16.1 Å². The largest absolute Gasteiger partial charge is 0.490 e. The van der Waals surface area contributed by atoms with Gasteiger partial charge in [-0.15, -0.1) is 5.10 Å². The Morgan fingerprint density at radius 1 is 1.30 bits per heavy atom. The van der Waals surface area contributed by atoms with E-state index < -0.39 is 17.8 Å². The Kier molecular flexibility index (Phi) is 5.09. The first kappa shape index (κ1) is 21.4. The molecule has 5 rings (SSSR count). The third kappa shape index (κ3) is 4.04. The third-order valence-corrected chi connectivity index (χ3v) is 5.66. The summed E-state index contributed by atoms with van der Waals surface area (Å²) in [6.07, 6.45) is -0.739. The summed E-state index contributed by atoms with van der Waals surface area (Å²) in [6.45, 7) is 4.64. The number of carbonyl (C=O) groups is 1. The van der Waals surface area contributed by atoms with Crippen LogP contribution in [0.25, 0.3) is 5.65 Å². The van der Waals surface area contributed by atoms with Crippen LogP contribution in [0.4, 0.5) is 24.7 Å². The lowest BCUT2D eigenvalue weighted by molar-refractivity contribution is -0.189. The normalized spacial score (nSPS) is 17.5. The van der Waals surface area contributed by atoms with E-state index in [-0.39, 0.29) is 22.7 Å². The van der Waals surface area contributed by atoms with E-state index >= 15 is 0 Å². The number of ether oxygens (including phenoxy) is 2. The average molecular weight is 463 g/mol. The van der Waals surface area contributed by atoms with Crippen LogP contribution in [0.15, 0.2) is 30.7 Å². The molecule has 10 nitrogen and oxygen atoms in total. The molecule has 1 amide bonds. The van der Waals surface area contributed by atoms with Gasteiger partial charge in [0.05, 0.1) is 19.4 Å². The number of anilines is 2. The van der Waals surface area contributed by atoms with Crippen molar-refractivity contribution in [2.75, 3.05) is 50.5 Å². The van der Waals surface area contributed by atoms with Gasteiger partial charge in [-0.3, -0.25) is 14.7 Å². The van der Waals surface area contributed by atoms with Crippen LogP contribution in [-0.4, -0.2) is 69.8 Å². The first-order valence-electron chi connectivity index (χ1n) is 10.1. The van der Waals surface area contributed by atoms with Crippen molar-refractivity contribution in [3.05, 3.63) is 42.0 Å². The van der Waals surface area contributed by atoms with Gasteiger partial charge in [0.2, 0.25) is 0 Å². The van der Waals surface area contributed by atoms with Gasteiger partial charge in [-0.1, -0.05) is 0 Å². The summed E-state index contributed by atoms with van der Waals surface area (Å²) in [4.78, 5) is 22.7. The van der Waals surface area contributed by atoms with Crippen LogP contribution in [-0.2, 0) is 10.9 Å². The molecule has 33 heavy (non-hydrogen) atoms. The van der Waals surface area contributed by atoms with Crippen molar-refractivity contribution < 1.29 is 27.4 Å². The Morgan fingerprint density at radius 2 is 2.09 bits per heavy atom. The van der Waals surface area contributed by atoms with E-state index in [0.29, 0.717) is 24.3 Å². The minimum absolute atomic E-state index is 0.251. The zero-order valence-electron chi connectivity index (χ0n) is 17.3. The number of nitrogen functional groups attached to an aromatic ring is 1. The molecule has 0 atom stereocenters. The van der Waals surface area contributed by atoms with Gasteiger partial charge in [0.25, 0.3) is 5.91 Å². The van der Waals surface area contributed by atoms with Gasteiger partial charge < -0.3 is 20.5 Å². The number of hydrogen-bond acceptors (Lipinski definition) is 8. The maximum Gasteiger partial charge on any atom is 0.433 e. The zero-order valence-corrected chi connectivity index (χ0v) is 17.3. The van der Waals surface area contributed by atoms with Crippen molar-refractivity contribution in [2.24, 2.45) is 5.41 Å². The molecule has 2 saturated heterocycles. The number of hydrogen-bond donors (Lipinski definition) is 2. The molecule has 0 aliphatic carbocycles. The van der Waals surface area contributed by atoms with E-state index in [1.54, 1.807) is 6.07 Å². The average Bonchev–Trinajstić information content (AvgIpc) is 3.03. The number of fused-ring (bicyclic) bond motifs is 1. The van der Waals surface area contributed by atoms with Crippen molar-refractivity contribution in [1.82, 2.24) is 24.5 Å². The van der Waals surface area contributed by atoms with E-state index in [2.05, 4.69) is 25.3 Å². The van der Waals surface area contributed by atoms with E-state index in [1.165, 1.54) is 12.4 Å². The number of alkyl halides is 3. The molecule has 2 fully saturated rings. The number of rotatable bonds is 6. The van der Waals surface area contributed by atoms with Crippen LogP contribution in [0.3, 0.4) is 0 Å². The lowest BCUT2D eigenvalue weighted by Gasteiger charge is -2.55. The van der Waals surface area contributed by atoms with Gasteiger partial charge in [0.1, 0.15) is 29.3 Å². The number of halogens is 3. The highest BCUT2D eigenvalue weighted by Crippen LogP contribution is 2.37. The van der Waals surface area contributed by atoms with E-state index in [4.69, 9.17) is 15.2 Å². The van der Waals surface area contributed by atoms with Gasteiger partial charge in [-0.2, -0.15) is 13.2 Å². The molecular weight excluding hydrogens is 443 g/mol. The Balaban J connectivity index is 1.29. The number of nitrogens with zero attached hydrogens (tertiary/aromatic N) is 5. The van der Waals surface area contributed by atoms with E-state index in [0.717, 1.165) is 43.1 Å². The molecular formula is C20H20F3N7O3. The second-order valence-electron chi connectivity index (χ2n) is 8.22. The van der Waals surface area contributed by atoms with Crippen LogP contribution < -0.4 is 15.8 Å². The minimum atomic E-state index is -4.68. The fraction of sp³-hybridized carbons (Fsp3) is 0.400. The Hall–Kier alpha value is -3.45. The maximum absolute atomic E-state index is 13.1. The molecule has 0 unspecified atom stereocenters. The third-order valence-electron chi connectivity index (χ3n) is 5.66. The maximum atomic E-state index is 13.1. The highest BCUT2D eigenvalue weighted by Gasteiger charge is 2.48. The van der Waals surface area contributed by atoms with Gasteiger partial charge in [0.15, 0.2) is 11.5 Å². The molecule has 1 spiro atoms. The van der Waals surface area contributed by atoms with Crippen LogP contribution >= 0.6 is 0 Å². The molecule has 0 radical (unpaired) electrons. The second-order valence-corrected chi connectivity index (χ2v) is 8.22. The first-order chi connectivity index (χ1) is 15.7. The fourth-order valence-electron chi connectivity index (χ4n) is 4.03. The van der Waals surface area contributed by atoms with Gasteiger partial charge in [-0.05, 0) is 6.07 Å². The van der Waals surface area contributed by atoms with Gasteiger partial charge in [0, 0.05) is 43.5 Å². The first-order valence-corrected chi connectivity index (χ1v) is 10.1. The molecule has 3 N–H and O–H groups in total. The predicted octanol–water partition coefficient (Wildman–Crippen LogP) is 1.69. The molecule has 5 heterocycles. The molecule has 0 aromatic carbocycles. The summed E-state index contributed by atoms with van der Waals surface area (Å²) in [7, 11) is 0. The predicted molar refractivity (Wildman–Crippen MR) is 110 cm³/mol. The molecule has 3 aromatic heterocycles. The summed E-state index contributed by atoms with van der Waals surface area (Å²) in [5.41, 5.74) is 4.63. The highest BCUT2D eigenvalue weighted by molar-refractivity contribution is 6.12. The molecule has 174 valence electrons. The monoisotopic (exact) mass is 463 g/mol. The van der Waals surface area contributed by atoms with Crippen molar-refractivity contribution in [2.45, 2.75) is 6.18 Å². The summed E-state index contributed by atoms with van der Waals surface area (Å²) >= 11 is 0. The Morgan fingerprint density at radius 3 is 2.79 bits per heavy atom. The van der Waals surface area contributed by atoms with Crippen LogP contribution in [0, 0.1) is 5.41 Å². The lowest BCUT2D eigenvalue weighted by atomic mass is 9.78. The smallest absolute Gasteiger partial charge is 0.433 e. The van der Waals surface area contributed by atoms with Crippen LogP contribution in [0.5, 0.6) is 5.75 Å². The summed E-state index contributed by atoms with van der Waals surface area (Å²) in [5, 5.41) is 6.46. The minimum Gasteiger partial charge on any atom is -0.490 e. The van der Waals surface area contributed by atoms with Gasteiger partial charge in [-0.25, -0.2) is 9.50 Å². The van der Waals surface area contributed by atoms with E-state index in [9.17, 15) is 18.0 Å². The number of nitrogens with one attached hydrogen (secondary N) is 1. The summed E-state index contributed by atoms with van der Waals surface area (Å²) in [5.74, 6) is -0.654. The zero-order chi connectivity index (χ0) is 23.2. The molecule has 2 aliphatic heterocycles. The van der Waals surface area contributed by atoms with Crippen molar-refractivity contribution >= 4 is 23.1 Å². The molecule has 0 saturated carbocycles. The van der Waals surface area contributed by atoms with E-state index in [1.807, 2.05) is 0 Å². The second kappa shape index (κ2) is 7.85. The molecule has 0 bridgehead atoms. The van der Waals surface area contributed by atoms with Crippen LogP contribution in [0.2, 0.25) is 0 Å². The summed E-state index contributed by atoms with van der Waals surface area (Å²) < 4.78 is 51.3. The molecule has 13 heteroatoms. The summed E-state index contributed by atoms with van der Waals surface area (Å²) in [6, 6.07) is 2.35. The van der Waals surface area contributed by atoms with Gasteiger partial charge >= 0.3 is 6.18 Å². The number of amides is 1. The quantitative estimate of drug-likeness (QED) is 0.567. The number of aromatic nitrogens is 4.